The number of methoxy groups -OCH3 is 1. The number of hydrogen-bond donors (Lipinski definition) is 1. The molecule has 1 heterocycles. The maximum atomic E-state index is 15.4. The van der Waals surface area contributed by atoms with Crippen LogP contribution in [0.4, 0.5) is 26.3 Å². The summed E-state index contributed by atoms with van der Waals surface area (Å²) in [5.41, 5.74) is 2.99. The largest absolute Gasteiger partial charge is 0.495 e. The Balaban J connectivity index is 0.000000698. The van der Waals surface area contributed by atoms with Gasteiger partial charge in [-0.25, -0.2) is 22.9 Å². The summed E-state index contributed by atoms with van der Waals surface area (Å²) in [6.07, 6.45) is -2.61. The lowest BCUT2D eigenvalue weighted by Crippen LogP contribution is -2.31. The Morgan fingerprint density at radius 2 is 1.76 bits per heavy atom. The Hall–Kier alpha value is -3.88. The number of thioether (sulfide) groups is 1. The normalized spacial score (nSPS) is 15.8. The highest BCUT2D eigenvalue weighted by molar-refractivity contribution is 7.98. The van der Waals surface area contributed by atoms with Crippen LogP contribution < -0.4 is 9.47 Å². The third kappa shape index (κ3) is 8.84. The van der Waals surface area contributed by atoms with E-state index in [-0.39, 0.29) is 29.5 Å². The number of nitrogens with zero attached hydrogens (tertiary/aromatic N) is 3. The van der Waals surface area contributed by atoms with Gasteiger partial charge in [0.15, 0.2) is 16.7 Å². The lowest BCUT2D eigenvalue weighted by atomic mass is 9.71. The number of likely N-dealkylation sites (N-methyl/N-ethyl adjacent to an activating group) is 1. The van der Waals surface area contributed by atoms with E-state index in [0.717, 1.165) is 36.2 Å². The van der Waals surface area contributed by atoms with E-state index >= 15 is 4.39 Å². The minimum atomic E-state index is -5.08. The van der Waals surface area contributed by atoms with Crippen LogP contribution in [-0.2, 0) is 22.4 Å². The third-order valence-electron chi connectivity index (χ3n) is 7.94. The van der Waals surface area contributed by atoms with Gasteiger partial charge in [-0.3, -0.25) is 4.57 Å². The number of aromatic nitrogens is 2. The summed E-state index contributed by atoms with van der Waals surface area (Å²) in [6.45, 7) is 3.02. The monoisotopic (exact) mass is 729 g/mol. The summed E-state index contributed by atoms with van der Waals surface area (Å²) in [5.74, 6) is -3.91. The van der Waals surface area contributed by atoms with Crippen molar-refractivity contribution in [3.05, 3.63) is 99.6 Å². The second kappa shape index (κ2) is 15.8. The molecule has 264 valence electrons. The van der Waals surface area contributed by atoms with Crippen LogP contribution in [-0.4, -0.2) is 66.1 Å². The van der Waals surface area contributed by atoms with Crippen molar-refractivity contribution in [1.29, 1.82) is 0 Å². The first kappa shape index (κ1) is 37.9. The second-order valence-corrected chi connectivity index (χ2v) is 13.0. The maximum Gasteiger partial charge on any atom is 0.490 e. The number of imidazole rings is 1. The van der Waals surface area contributed by atoms with Crippen molar-refractivity contribution in [3.8, 4) is 17.2 Å². The fraction of sp³-hybridized carbons (Fsp3) is 0.353. The second-order valence-electron chi connectivity index (χ2n) is 11.6. The first-order valence-corrected chi connectivity index (χ1v) is 16.3. The number of carboxylic acid groups (broad SMARTS) is 1. The molecule has 1 aromatic heterocycles. The van der Waals surface area contributed by atoms with Crippen molar-refractivity contribution in [2.45, 2.75) is 48.7 Å². The summed E-state index contributed by atoms with van der Waals surface area (Å²) < 4.78 is 89.2. The van der Waals surface area contributed by atoms with Crippen LogP contribution in [0.1, 0.15) is 42.3 Å². The minimum absolute atomic E-state index is 0.00881. The molecular weight excluding hydrogens is 696 g/mol. The van der Waals surface area contributed by atoms with E-state index in [1.165, 1.54) is 36.0 Å². The van der Waals surface area contributed by atoms with Crippen molar-refractivity contribution in [2.24, 2.45) is 0 Å². The molecule has 1 aliphatic carbocycles. The molecule has 1 atom stereocenters. The summed E-state index contributed by atoms with van der Waals surface area (Å²) in [5, 5.41) is 8.21. The number of hydrogen-bond acceptors (Lipinski definition) is 6. The zero-order valence-electron chi connectivity index (χ0n) is 27.0. The van der Waals surface area contributed by atoms with Crippen LogP contribution in [0.3, 0.4) is 0 Å². The van der Waals surface area contributed by atoms with Crippen LogP contribution in [0.15, 0.2) is 59.8 Å². The molecule has 3 aromatic carbocycles. The van der Waals surface area contributed by atoms with E-state index in [1.807, 2.05) is 41.8 Å². The van der Waals surface area contributed by atoms with Crippen LogP contribution in [0.25, 0.3) is 5.69 Å². The number of benzene rings is 3. The molecule has 1 aliphatic rings. The molecule has 0 saturated carbocycles. The van der Waals surface area contributed by atoms with Crippen molar-refractivity contribution < 1.29 is 45.7 Å². The SMILES string of the molecule is COc1cc(C2(C)CCCc3nc(SCc4c(F)ccc(OCCN(C)C)c4F)n(-c4ccc(F)cc4)c32)ccc1Cl.O=C(O)C(F)(F)F. The zero-order chi connectivity index (χ0) is 36.1. The highest BCUT2D eigenvalue weighted by Gasteiger charge is 2.40. The van der Waals surface area contributed by atoms with E-state index in [2.05, 4.69) is 6.92 Å². The van der Waals surface area contributed by atoms with E-state index in [1.54, 1.807) is 19.2 Å². The highest BCUT2D eigenvalue weighted by Crippen LogP contribution is 2.47. The zero-order valence-corrected chi connectivity index (χ0v) is 28.6. The molecule has 0 spiro atoms. The maximum absolute atomic E-state index is 15.4. The van der Waals surface area contributed by atoms with E-state index < -0.39 is 29.2 Å². The first-order valence-electron chi connectivity index (χ1n) is 15.0. The summed E-state index contributed by atoms with van der Waals surface area (Å²) in [6, 6.07) is 14.5. The fourth-order valence-corrected chi connectivity index (χ4v) is 6.65. The Bertz CT molecular complexity index is 1790. The van der Waals surface area contributed by atoms with Gasteiger partial charge in [0.1, 0.15) is 24.0 Å². The number of rotatable bonds is 10. The molecule has 5 rings (SSSR count). The summed E-state index contributed by atoms with van der Waals surface area (Å²) in [7, 11) is 5.37. The molecule has 1 N–H and O–H groups in total. The number of aliphatic carboxylic acids is 1. The van der Waals surface area contributed by atoms with Crippen molar-refractivity contribution >= 4 is 29.3 Å². The Labute approximate surface area is 288 Å². The summed E-state index contributed by atoms with van der Waals surface area (Å²) in [4.78, 5) is 15.8. The first-order chi connectivity index (χ1) is 23.1. The molecular formula is C34H34ClF6N3O4S. The predicted octanol–water partition coefficient (Wildman–Crippen LogP) is 8.46. The number of ether oxygens (including phenoxy) is 2. The van der Waals surface area contributed by atoms with Gasteiger partial charge in [0.25, 0.3) is 0 Å². The Morgan fingerprint density at radius 3 is 2.37 bits per heavy atom. The van der Waals surface area contributed by atoms with Crippen LogP contribution in [0, 0.1) is 17.5 Å². The number of carbonyl (C=O) groups is 1. The van der Waals surface area contributed by atoms with Crippen molar-refractivity contribution in [1.82, 2.24) is 14.5 Å². The average molecular weight is 730 g/mol. The predicted molar refractivity (Wildman–Crippen MR) is 175 cm³/mol. The van der Waals surface area contributed by atoms with Gasteiger partial charge in [-0.1, -0.05) is 29.4 Å². The molecule has 4 aromatic rings. The number of aryl methyl sites for hydroxylation is 1. The quantitative estimate of drug-likeness (QED) is 0.130. The molecule has 1 unspecified atom stereocenters. The van der Waals surface area contributed by atoms with Gasteiger partial charge in [0.05, 0.1) is 23.5 Å². The van der Waals surface area contributed by atoms with Gasteiger partial charge >= 0.3 is 12.1 Å². The molecule has 0 amide bonds. The van der Waals surface area contributed by atoms with Gasteiger partial charge in [0.2, 0.25) is 0 Å². The molecule has 49 heavy (non-hydrogen) atoms. The number of carboxylic acids is 1. The number of alkyl halides is 3. The molecule has 0 saturated heterocycles. The minimum Gasteiger partial charge on any atom is -0.495 e. The average Bonchev–Trinajstić information content (AvgIpc) is 3.42. The van der Waals surface area contributed by atoms with E-state index in [0.29, 0.717) is 28.2 Å². The van der Waals surface area contributed by atoms with Crippen LogP contribution in [0.2, 0.25) is 5.02 Å². The standard InChI is InChI=1S/C32H33ClF3N3O2S.C2HF3O2/c1-32(20-7-12-24(33)28(18-20)40-4)15-5-6-26-30(32)39(22-10-8-21(34)9-11-22)31(37-26)42-19-23-25(35)13-14-27(29(23)36)41-17-16-38(2)3;3-2(4,5)1(6)7/h7-14,18H,5-6,15-17,19H2,1-4H3;(H,6,7). The highest BCUT2D eigenvalue weighted by atomic mass is 35.5. The number of halogens is 7. The third-order valence-corrected chi connectivity index (χ3v) is 9.22. The topological polar surface area (TPSA) is 76.8 Å². The van der Waals surface area contributed by atoms with Crippen molar-refractivity contribution in [3.63, 3.8) is 0 Å². The molecule has 15 heteroatoms. The van der Waals surface area contributed by atoms with Crippen molar-refractivity contribution in [2.75, 3.05) is 34.4 Å². The molecule has 0 fully saturated rings. The molecule has 0 bridgehead atoms. The lowest BCUT2D eigenvalue weighted by Gasteiger charge is -2.36. The molecule has 0 radical (unpaired) electrons. The fourth-order valence-electron chi connectivity index (χ4n) is 5.42. The molecule has 0 aliphatic heterocycles. The number of fused-ring (bicyclic) bond motifs is 1. The van der Waals surface area contributed by atoms with Gasteiger partial charge in [-0.05, 0) is 94.4 Å². The Kier molecular flexibility index (Phi) is 12.2. The van der Waals surface area contributed by atoms with Crippen LogP contribution in [0.5, 0.6) is 11.5 Å². The molecule has 7 nitrogen and oxygen atoms in total. The smallest absolute Gasteiger partial charge is 0.490 e. The van der Waals surface area contributed by atoms with Gasteiger partial charge in [0, 0.05) is 29.0 Å². The van der Waals surface area contributed by atoms with E-state index in [4.69, 9.17) is 36.0 Å². The van der Waals surface area contributed by atoms with Gasteiger partial charge in [-0.15, -0.1) is 0 Å². The van der Waals surface area contributed by atoms with Crippen LogP contribution >= 0.6 is 23.4 Å². The van der Waals surface area contributed by atoms with Gasteiger partial charge in [-0.2, -0.15) is 13.2 Å². The van der Waals surface area contributed by atoms with E-state index in [9.17, 15) is 22.0 Å². The van der Waals surface area contributed by atoms with Gasteiger partial charge < -0.3 is 19.5 Å². The summed E-state index contributed by atoms with van der Waals surface area (Å²) >= 11 is 7.58. The lowest BCUT2D eigenvalue weighted by molar-refractivity contribution is -0.192. The Morgan fingerprint density at radius 1 is 1.08 bits per heavy atom.